The smallest absolute Gasteiger partial charge is 0.219 e. The number of halogens is 1. The summed E-state index contributed by atoms with van der Waals surface area (Å²) in [5, 5.41) is 0. The van der Waals surface area contributed by atoms with Crippen LogP contribution in [0.25, 0.3) is 0 Å². The van der Waals surface area contributed by atoms with E-state index in [1.165, 1.54) is 6.20 Å². The highest BCUT2D eigenvalue weighted by atomic mass is 127. The van der Waals surface area contributed by atoms with Crippen LogP contribution >= 0.6 is 22.6 Å². The fraction of sp³-hybridized carbons (Fsp3) is 0. The van der Waals surface area contributed by atoms with E-state index in [2.05, 4.69) is 27.6 Å². The molecule has 80 valence electrons. The molecule has 3 nitrogen and oxygen atoms in total. The van der Waals surface area contributed by atoms with Gasteiger partial charge in [0.2, 0.25) is 5.88 Å². The summed E-state index contributed by atoms with van der Waals surface area (Å²) in [5.41, 5.74) is 0.537. The van der Waals surface area contributed by atoms with E-state index >= 15 is 0 Å². The molecule has 0 atom stereocenters. The van der Waals surface area contributed by atoms with E-state index in [0.717, 1.165) is 15.6 Å². The number of aldehydes is 1. The van der Waals surface area contributed by atoms with Gasteiger partial charge in [0.25, 0.3) is 0 Å². The van der Waals surface area contributed by atoms with E-state index in [1.807, 2.05) is 24.3 Å². The number of rotatable bonds is 3. The minimum Gasteiger partial charge on any atom is -0.439 e. The molecule has 0 radical (unpaired) electrons. The molecule has 0 bridgehead atoms. The standard InChI is InChI=1S/C12H8INO2/c13-10-2-4-11(5-3-10)16-12-6-1-9(8-15)7-14-12/h1-8H. The second-order valence-corrected chi connectivity index (χ2v) is 4.35. The summed E-state index contributed by atoms with van der Waals surface area (Å²) in [5.74, 6) is 1.21. The van der Waals surface area contributed by atoms with Crippen molar-refractivity contribution in [3.05, 3.63) is 51.7 Å². The minimum absolute atomic E-state index is 0.479. The molecule has 0 spiro atoms. The Morgan fingerprint density at radius 2 is 1.88 bits per heavy atom. The third-order valence-corrected chi connectivity index (χ3v) is 2.65. The number of nitrogens with zero attached hydrogens (tertiary/aromatic N) is 1. The SMILES string of the molecule is O=Cc1ccc(Oc2ccc(I)cc2)nc1. The average molecular weight is 325 g/mol. The van der Waals surface area contributed by atoms with Crippen LogP contribution in [0, 0.1) is 3.57 Å². The molecule has 2 aromatic rings. The van der Waals surface area contributed by atoms with Crippen LogP contribution < -0.4 is 4.74 Å². The fourth-order valence-corrected chi connectivity index (χ4v) is 1.50. The van der Waals surface area contributed by atoms with Gasteiger partial charge in [0.05, 0.1) is 0 Å². The van der Waals surface area contributed by atoms with Crippen LogP contribution in [0.1, 0.15) is 10.4 Å². The Labute approximate surface area is 107 Å². The first-order valence-corrected chi connectivity index (χ1v) is 5.70. The van der Waals surface area contributed by atoms with Crippen molar-refractivity contribution < 1.29 is 9.53 Å². The molecule has 4 heteroatoms. The van der Waals surface area contributed by atoms with Crippen LogP contribution in [-0.2, 0) is 0 Å². The van der Waals surface area contributed by atoms with Gasteiger partial charge in [0.15, 0.2) is 6.29 Å². The number of aromatic nitrogens is 1. The lowest BCUT2D eigenvalue weighted by Crippen LogP contribution is -1.89. The van der Waals surface area contributed by atoms with Crippen molar-refractivity contribution in [2.24, 2.45) is 0 Å². The summed E-state index contributed by atoms with van der Waals surface area (Å²) in [6, 6.07) is 11.0. The zero-order chi connectivity index (χ0) is 11.4. The van der Waals surface area contributed by atoms with Crippen molar-refractivity contribution in [1.82, 2.24) is 4.98 Å². The molecular weight excluding hydrogens is 317 g/mol. The van der Waals surface area contributed by atoms with Crippen molar-refractivity contribution >= 4 is 28.9 Å². The van der Waals surface area contributed by atoms with E-state index in [-0.39, 0.29) is 0 Å². The van der Waals surface area contributed by atoms with Crippen molar-refractivity contribution in [3.63, 3.8) is 0 Å². The Morgan fingerprint density at radius 1 is 1.12 bits per heavy atom. The highest BCUT2D eigenvalue weighted by Gasteiger charge is 1.98. The molecule has 0 N–H and O–H groups in total. The van der Waals surface area contributed by atoms with Crippen LogP contribution in [0.5, 0.6) is 11.6 Å². The first kappa shape index (κ1) is 11.1. The Kier molecular flexibility index (Phi) is 3.51. The predicted molar refractivity (Wildman–Crippen MR) is 68.9 cm³/mol. The molecule has 0 unspecified atom stereocenters. The normalized spacial score (nSPS) is 9.81. The molecule has 0 amide bonds. The third kappa shape index (κ3) is 2.79. The second-order valence-electron chi connectivity index (χ2n) is 3.10. The lowest BCUT2D eigenvalue weighted by Gasteiger charge is -2.04. The lowest BCUT2D eigenvalue weighted by atomic mass is 10.3. The molecule has 16 heavy (non-hydrogen) atoms. The lowest BCUT2D eigenvalue weighted by molar-refractivity contribution is 0.112. The van der Waals surface area contributed by atoms with Gasteiger partial charge in [-0.05, 0) is 52.9 Å². The Bertz CT molecular complexity index is 479. The molecule has 1 heterocycles. The van der Waals surface area contributed by atoms with Gasteiger partial charge in [-0.3, -0.25) is 4.79 Å². The van der Waals surface area contributed by atoms with Crippen molar-refractivity contribution in [3.8, 4) is 11.6 Å². The van der Waals surface area contributed by atoms with Crippen LogP contribution in [0.4, 0.5) is 0 Å². The van der Waals surface area contributed by atoms with Gasteiger partial charge in [-0.1, -0.05) is 0 Å². The van der Waals surface area contributed by atoms with Crippen LogP contribution in [0.2, 0.25) is 0 Å². The largest absolute Gasteiger partial charge is 0.439 e. The molecule has 2 rings (SSSR count). The summed E-state index contributed by atoms with van der Waals surface area (Å²) in [6.07, 6.45) is 2.23. The summed E-state index contributed by atoms with van der Waals surface area (Å²) >= 11 is 2.23. The average Bonchev–Trinajstić information content (AvgIpc) is 2.33. The zero-order valence-electron chi connectivity index (χ0n) is 8.26. The first-order valence-electron chi connectivity index (χ1n) is 4.62. The fourth-order valence-electron chi connectivity index (χ4n) is 1.15. The summed E-state index contributed by atoms with van der Waals surface area (Å²) in [7, 11) is 0. The molecule has 0 saturated carbocycles. The molecule has 0 aliphatic carbocycles. The molecule has 1 aromatic heterocycles. The summed E-state index contributed by atoms with van der Waals surface area (Å²) in [6.45, 7) is 0. The quantitative estimate of drug-likeness (QED) is 0.642. The summed E-state index contributed by atoms with van der Waals surface area (Å²) in [4.78, 5) is 14.4. The van der Waals surface area contributed by atoms with E-state index in [4.69, 9.17) is 4.74 Å². The highest BCUT2D eigenvalue weighted by Crippen LogP contribution is 2.20. The van der Waals surface area contributed by atoms with Gasteiger partial charge in [-0.25, -0.2) is 4.98 Å². The van der Waals surface area contributed by atoms with Crippen molar-refractivity contribution in [1.29, 1.82) is 0 Å². The minimum atomic E-state index is 0.479. The van der Waals surface area contributed by atoms with E-state index in [1.54, 1.807) is 12.1 Å². The number of carbonyl (C=O) groups is 1. The maximum Gasteiger partial charge on any atom is 0.219 e. The predicted octanol–water partition coefficient (Wildman–Crippen LogP) is 3.29. The monoisotopic (exact) mass is 325 g/mol. The number of pyridine rings is 1. The van der Waals surface area contributed by atoms with Gasteiger partial charge in [0.1, 0.15) is 5.75 Å². The number of hydrogen-bond acceptors (Lipinski definition) is 3. The van der Waals surface area contributed by atoms with Gasteiger partial charge in [-0.2, -0.15) is 0 Å². The van der Waals surface area contributed by atoms with Crippen molar-refractivity contribution in [2.45, 2.75) is 0 Å². The molecule has 1 aromatic carbocycles. The topological polar surface area (TPSA) is 39.2 Å². The van der Waals surface area contributed by atoms with E-state index in [9.17, 15) is 4.79 Å². The van der Waals surface area contributed by atoms with Gasteiger partial charge in [-0.15, -0.1) is 0 Å². The number of benzene rings is 1. The van der Waals surface area contributed by atoms with Crippen molar-refractivity contribution in [2.75, 3.05) is 0 Å². The molecular formula is C12H8INO2. The zero-order valence-corrected chi connectivity index (χ0v) is 10.4. The highest BCUT2D eigenvalue weighted by molar-refractivity contribution is 14.1. The van der Waals surface area contributed by atoms with Crippen LogP contribution in [0.15, 0.2) is 42.6 Å². The van der Waals surface area contributed by atoms with Gasteiger partial charge < -0.3 is 4.74 Å². The molecule has 0 fully saturated rings. The van der Waals surface area contributed by atoms with Crippen LogP contribution in [-0.4, -0.2) is 11.3 Å². The number of hydrogen-bond donors (Lipinski definition) is 0. The summed E-state index contributed by atoms with van der Waals surface area (Å²) < 4.78 is 6.65. The Hall–Kier alpha value is -1.43. The molecule has 0 aliphatic rings. The third-order valence-electron chi connectivity index (χ3n) is 1.93. The molecule has 0 saturated heterocycles. The van der Waals surface area contributed by atoms with E-state index < -0.39 is 0 Å². The Balaban J connectivity index is 2.14. The van der Waals surface area contributed by atoms with Gasteiger partial charge >= 0.3 is 0 Å². The molecule has 0 aliphatic heterocycles. The number of ether oxygens (including phenoxy) is 1. The maximum atomic E-state index is 10.4. The number of carbonyl (C=O) groups excluding carboxylic acids is 1. The maximum absolute atomic E-state index is 10.4. The van der Waals surface area contributed by atoms with Crippen LogP contribution in [0.3, 0.4) is 0 Å². The van der Waals surface area contributed by atoms with E-state index in [0.29, 0.717) is 11.4 Å². The first-order chi connectivity index (χ1) is 7.78. The second kappa shape index (κ2) is 5.07. The van der Waals surface area contributed by atoms with Gasteiger partial charge in [0, 0.05) is 21.4 Å². The Morgan fingerprint density at radius 3 is 2.44 bits per heavy atom.